The van der Waals surface area contributed by atoms with Gasteiger partial charge in [0, 0.05) is 20.3 Å². The third-order valence-corrected chi connectivity index (χ3v) is 4.17. The molecule has 0 bridgehead atoms. The minimum Gasteiger partial charge on any atom is -0.379 e. The second-order valence-electron chi connectivity index (χ2n) is 4.61. The average Bonchev–Trinajstić information content (AvgIpc) is 2.56. The number of hydrogen-bond acceptors (Lipinski definition) is 3. The lowest BCUT2D eigenvalue weighted by molar-refractivity contribution is 0.113. The predicted octanol–water partition coefficient (Wildman–Crippen LogP) is 4.04. The Balaban J connectivity index is 0.000000210. The Bertz CT molecular complexity index is 417. The van der Waals surface area contributed by atoms with Crippen LogP contribution in [0.4, 0.5) is 0 Å². The van der Waals surface area contributed by atoms with E-state index in [4.69, 9.17) is 13.3 Å². The van der Waals surface area contributed by atoms with E-state index in [1.165, 1.54) is 10.8 Å². The highest BCUT2D eigenvalue weighted by molar-refractivity contribution is 6.36. The van der Waals surface area contributed by atoms with Gasteiger partial charge >= 0.3 is 9.53 Å². The van der Waals surface area contributed by atoms with Crippen molar-refractivity contribution in [3.8, 4) is 0 Å². The first-order valence-electron chi connectivity index (χ1n) is 7.51. The Morgan fingerprint density at radius 2 is 1.14 bits per heavy atom. The summed E-state index contributed by atoms with van der Waals surface area (Å²) in [5.74, 6) is 0. The van der Waals surface area contributed by atoms with Gasteiger partial charge in [-0.05, 0) is 23.6 Å². The van der Waals surface area contributed by atoms with Gasteiger partial charge in [-0.2, -0.15) is 0 Å². The summed E-state index contributed by atoms with van der Waals surface area (Å²) in [6, 6.07) is 16.7. The second-order valence-corrected chi connectivity index (χ2v) is 6.33. The topological polar surface area (TPSA) is 27.7 Å². The third kappa shape index (κ3) is 7.39. The minimum atomic E-state index is -1.75. The van der Waals surface area contributed by atoms with E-state index < -0.39 is 9.53 Å². The predicted molar refractivity (Wildman–Crippen MR) is 90.6 cm³/mol. The van der Waals surface area contributed by atoms with Gasteiger partial charge in [-0.15, -0.1) is 0 Å². The summed E-state index contributed by atoms with van der Waals surface area (Å²) >= 11 is 0. The Morgan fingerprint density at radius 1 is 0.762 bits per heavy atom. The summed E-state index contributed by atoms with van der Waals surface area (Å²) in [6.45, 7) is 5.63. The smallest absolute Gasteiger partial charge is 0.379 e. The van der Waals surface area contributed by atoms with Crippen LogP contribution in [0.15, 0.2) is 48.5 Å². The highest BCUT2D eigenvalue weighted by atomic mass is 28.3. The summed E-state index contributed by atoms with van der Waals surface area (Å²) in [6.07, 6.45) is 2.03. The number of rotatable bonds is 7. The van der Waals surface area contributed by atoms with Crippen molar-refractivity contribution < 1.29 is 13.3 Å². The number of benzene rings is 2. The molecule has 0 fully saturated rings. The van der Waals surface area contributed by atoms with Gasteiger partial charge in [-0.1, -0.05) is 62.4 Å². The zero-order valence-corrected chi connectivity index (χ0v) is 14.4. The largest absolute Gasteiger partial charge is 0.483 e. The van der Waals surface area contributed by atoms with E-state index in [1.807, 2.05) is 0 Å². The molecule has 116 valence electrons. The summed E-state index contributed by atoms with van der Waals surface area (Å²) in [5.41, 5.74) is 0. The molecule has 0 heterocycles. The molecule has 0 atom stereocenters. The quantitative estimate of drug-likeness (QED) is 0.723. The highest BCUT2D eigenvalue weighted by Gasteiger charge is 2.11. The molecule has 0 spiro atoms. The molecule has 0 saturated carbocycles. The maximum Gasteiger partial charge on any atom is 0.483 e. The Labute approximate surface area is 129 Å². The van der Waals surface area contributed by atoms with Gasteiger partial charge in [0.15, 0.2) is 0 Å². The number of hydrogen-bond donors (Lipinski definition) is 0. The molecule has 2 aromatic carbocycles. The maximum absolute atomic E-state index is 5.34. The fourth-order valence-corrected chi connectivity index (χ4v) is 2.97. The van der Waals surface area contributed by atoms with E-state index >= 15 is 0 Å². The van der Waals surface area contributed by atoms with Crippen LogP contribution in [-0.2, 0) is 13.3 Å². The third-order valence-electron chi connectivity index (χ3n) is 2.77. The number of fused-ring (bicyclic) bond motifs is 1. The second kappa shape index (κ2) is 11.5. The molecule has 2 aromatic rings. The molecule has 0 amide bonds. The lowest BCUT2D eigenvalue weighted by Gasteiger charge is -2.12. The van der Waals surface area contributed by atoms with Gasteiger partial charge in [0.1, 0.15) is 0 Å². The molecule has 0 N–H and O–H groups in total. The Morgan fingerprint density at radius 3 is 1.43 bits per heavy atom. The van der Waals surface area contributed by atoms with Crippen molar-refractivity contribution in [1.82, 2.24) is 0 Å². The van der Waals surface area contributed by atoms with E-state index in [-0.39, 0.29) is 0 Å². The molecule has 0 aliphatic heterocycles. The highest BCUT2D eigenvalue weighted by Crippen LogP contribution is 2.11. The zero-order chi connectivity index (χ0) is 15.3. The van der Waals surface area contributed by atoms with Gasteiger partial charge < -0.3 is 13.3 Å². The van der Waals surface area contributed by atoms with E-state index in [1.54, 1.807) is 7.11 Å². The molecule has 0 radical (unpaired) electrons. The van der Waals surface area contributed by atoms with Gasteiger partial charge in [0.05, 0.1) is 0 Å². The van der Waals surface area contributed by atoms with Crippen LogP contribution in [0.25, 0.3) is 10.8 Å². The van der Waals surface area contributed by atoms with Crippen LogP contribution in [-0.4, -0.2) is 29.9 Å². The summed E-state index contributed by atoms with van der Waals surface area (Å²) in [7, 11) is -0.107. The summed E-state index contributed by atoms with van der Waals surface area (Å²) in [4.78, 5) is 0. The monoisotopic (exact) mass is 306 g/mol. The Hall–Kier alpha value is -1.20. The SMILES string of the molecule is CCCO[SiH](OC)OCCC.c1ccc2ccccc2c1. The van der Waals surface area contributed by atoms with E-state index in [9.17, 15) is 0 Å². The van der Waals surface area contributed by atoms with Crippen molar-refractivity contribution in [2.75, 3.05) is 20.3 Å². The van der Waals surface area contributed by atoms with Gasteiger partial charge in [0.2, 0.25) is 0 Å². The van der Waals surface area contributed by atoms with Gasteiger partial charge in [-0.3, -0.25) is 0 Å². The lowest BCUT2D eigenvalue weighted by atomic mass is 10.1. The van der Waals surface area contributed by atoms with Crippen molar-refractivity contribution in [2.24, 2.45) is 0 Å². The van der Waals surface area contributed by atoms with E-state index in [2.05, 4.69) is 62.4 Å². The first-order valence-corrected chi connectivity index (χ1v) is 8.93. The molecule has 0 saturated heterocycles. The average molecular weight is 306 g/mol. The molecule has 4 heteroatoms. The fraction of sp³-hybridized carbons (Fsp3) is 0.412. The van der Waals surface area contributed by atoms with Gasteiger partial charge in [0.25, 0.3) is 0 Å². The van der Waals surface area contributed by atoms with Crippen LogP contribution >= 0.6 is 0 Å². The fourth-order valence-electron chi connectivity index (χ4n) is 1.75. The summed E-state index contributed by atoms with van der Waals surface area (Å²) < 4.78 is 15.7. The molecule has 0 aromatic heterocycles. The maximum atomic E-state index is 5.34. The van der Waals surface area contributed by atoms with Crippen molar-refractivity contribution in [2.45, 2.75) is 26.7 Å². The van der Waals surface area contributed by atoms with Crippen LogP contribution in [0.1, 0.15) is 26.7 Å². The van der Waals surface area contributed by atoms with E-state index in [0.717, 1.165) is 26.1 Å². The molecular weight excluding hydrogens is 280 g/mol. The normalized spacial score (nSPS) is 10.5. The van der Waals surface area contributed by atoms with Gasteiger partial charge in [-0.25, -0.2) is 0 Å². The van der Waals surface area contributed by atoms with Crippen LogP contribution in [0.5, 0.6) is 0 Å². The van der Waals surface area contributed by atoms with Crippen molar-refractivity contribution >= 4 is 20.3 Å². The van der Waals surface area contributed by atoms with E-state index in [0.29, 0.717) is 0 Å². The van der Waals surface area contributed by atoms with Crippen molar-refractivity contribution in [3.05, 3.63) is 48.5 Å². The molecule has 2 rings (SSSR count). The molecule has 0 aliphatic rings. The minimum absolute atomic E-state index is 0.744. The standard InChI is InChI=1S/C10H8.C7H18O3Si/c1-2-6-10-8-4-3-7-9(10)5-1;1-4-6-9-11(8-3)10-7-5-2/h1-8H;11H,4-7H2,1-3H3. The first kappa shape index (κ1) is 17.8. The van der Waals surface area contributed by atoms with Crippen LogP contribution in [0.3, 0.4) is 0 Å². The zero-order valence-electron chi connectivity index (χ0n) is 13.2. The molecule has 3 nitrogen and oxygen atoms in total. The first-order chi connectivity index (χ1) is 10.3. The molecule has 0 unspecified atom stereocenters. The summed E-state index contributed by atoms with van der Waals surface area (Å²) in [5, 5.41) is 2.62. The van der Waals surface area contributed by atoms with Crippen LogP contribution in [0, 0.1) is 0 Å². The van der Waals surface area contributed by atoms with Crippen molar-refractivity contribution in [1.29, 1.82) is 0 Å². The lowest BCUT2D eigenvalue weighted by Crippen LogP contribution is -2.26. The molecular formula is C17H26O3Si. The Kier molecular flexibility index (Phi) is 9.74. The van der Waals surface area contributed by atoms with Crippen LogP contribution in [0.2, 0.25) is 0 Å². The van der Waals surface area contributed by atoms with Crippen LogP contribution < -0.4 is 0 Å². The van der Waals surface area contributed by atoms with Crippen molar-refractivity contribution in [3.63, 3.8) is 0 Å². The molecule has 0 aliphatic carbocycles. The molecule has 21 heavy (non-hydrogen) atoms.